The zero-order valence-corrected chi connectivity index (χ0v) is 17.3. The topological polar surface area (TPSA) is 88.7 Å². The van der Waals surface area contributed by atoms with Crippen molar-refractivity contribution in [2.45, 2.75) is 42.7 Å². The maximum absolute atomic E-state index is 12.4. The van der Waals surface area contributed by atoms with Crippen LogP contribution in [0.25, 0.3) is 11.1 Å². The minimum atomic E-state index is -0.553. The molecular weight excluding hydrogens is 380 g/mol. The molecule has 1 unspecified atom stereocenters. The molecule has 6 heteroatoms. The normalized spacial score (nSPS) is 17.0. The first kappa shape index (κ1) is 20.9. The second kappa shape index (κ2) is 10.1. The Morgan fingerprint density at radius 1 is 1.21 bits per heavy atom. The molecule has 1 amide bonds. The van der Waals surface area contributed by atoms with Crippen molar-refractivity contribution in [1.29, 1.82) is 10.5 Å². The van der Waals surface area contributed by atoms with E-state index in [4.69, 9.17) is 0 Å². The molecule has 2 aromatic rings. The molecule has 0 spiro atoms. The van der Waals surface area contributed by atoms with Crippen LogP contribution in [0.2, 0.25) is 0 Å². The number of hydrogen-bond acceptors (Lipinski definition) is 5. The van der Waals surface area contributed by atoms with Gasteiger partial charge in [-0.15, -0.1) is 11.8 Å². The summed E-state index contributed by atoms with van der Waals surface area (Å²) in [5.74, 6) is -0.0919. The first-order valence-corrected chi connectivity index (χ1v) is 11.0. The Bertz CT molecular complexity index is 937. The Kier molecular flexibility index (Phi) is 7.30. The van der Waals surface area contributed by atoms with Crippen LogP contribution in [0.3, 0.4) is 0 Å². The summed E-state index contributed by atoms with van der Waals surface area (Å²) in [5.41, 5.74) is 3.65. The minimum Gasteiger partial charge on any atom is -0.339 e. The third-order valence-electron chi connectivity index (χ3n) is 5.15. The Hall–Kier alpha value is -2.80. The molecule has 1 aliphatic heterocycles. The average Bonchev–Trinajstić information content (AvgIpc) is 2.79. The third kappa shape index (κ3) is 5.38. The van der Waals surface area contributed by atoms with Gasteiger partial charge in [-0.1, -0.05) is 36.8 Å². The number of nitrogens with zero attached hydrogens (tertiary/aromatic N) is 2. The number of amides is 1. The molecule has 2 aromatic carbocycles. The Morgan fingerprint density at radius 2 is 1.97 bits per heavy atom. The van der Waals surface area contributed by atoms with E-state index in [2.05, 4.69) is 22.8 Å². The number of piperidine rings is 1. The van der Waals surface area contributed by atoms with Gasteiger partial charge in [0, 0.05) is 11.3 Å². The number of rotatable bonds is 6. The van der Waals surface area contributed by atoms with Crippen LogP contribution < -0.4 is 10.6 Å². The van der Waals surface area contributed by atoms with Crippen LogP contribution in [0, 0.1) is 22.7 Å². The second-order valence-electron chi connectivity index (χ2n) is 7.12. The van der Waals surface area contributed by atoms with E-state index in [1.807, 2.05) is 48.7 Å². The summed E-state index contributed by atoms with van der Waals surface area (Å²) in [6.45, 7) is 0.849. The molecule has 2 atom stereocenters. The number of benzene rings is 2. The number of carbonyl (C=O) groups is 1. The van der Waals surface area contributed by atoms with E-state index in [0.29, 0.717) is 12.0 Å². The van der Waals surface area contributed by atoms with Gasteiger partial charge >= 0.3 is 0 Å². The van der Waals surface area contributed by atoms with E-state index in [0.717, 1.165) is 47.4 Å². The van der Waals surface area contributed by atoms with Crippen molar-refractivity contribution in [3.63, 3.8) is 0 Å². The highest BCUT2D eigenvalue weighted by Crippen LogP contribution is 2.27. The number of nitriles is 2. The lowest BCUT2D eigenvalue weighted by molar-refractivity contribution is -0.124. The van der Waals surface area contributed by atoms with Gasteiger partial charge in [-0.2, -0.15) is 10.5 Å². The van der Waals surface area contributed by atoms with E-state index in [-0.39, 0.29) is 11.9 Å². The molecule has 0 aliphatic carbocycles. The summed E-state index contributed by atoms with van der Waals surface area (Å²) in [6, 6.07) is 17.5. The van der Waals surface area contributed by atoms with Crippen molar-refractivity contribution in [3.8, 4) is 23.3 Å². The Labute approximate surface area is 176 Å². The molecule has 0 saturated carbocycles. The fourth-order valence-electron chi connectivity index (χ4n) is 3.52. The summed E-state index contributed by atoms with van der Waals surface area (Å²) < 4.78 is 0. The van der Waals surface area contributed by atoms with E-state index >= 15 is 0 Å². The van der Waals surface area contributed by atoms with Crippen LogP contribution in [0.15, 0.2) is 47.4 Å². The van der Waals surface area contributed by atoms with E-state index < -0.39 is 6.04 Å². The summed E-state index contributed by atoms with van der Waals surface area (Å²) >= 11 is 1.56. The van der Waals surface area contributed by atoms with Gasteiger partial charge < -0.3 is 10.6 Å². The molecule has 148 valence electrons. The largest absolute Gasteiger partial charge is 0.339 e. The van der Waals surface area contributed by atoms with Gasteiger partial charge in [0.05, 0.1) is 17.7 Å². The summed E-state index contributed by atoms with van der Waals surface area (Å²) in [5, 5.41) is 24.8. The standard InChI is InChI=1S/C23H24N4OS/c1-29-22-10-9-18(13-19(22)14-24)17-7-5-16(6-8-17)12-20(15-25)27-23(28)21-4-2-3-11-26-21/h5-10,13,20-21,26H,2-4,11-12H2,1H3,(H,27,28)/t20-,21?/m0/s1. The molecule has 3 rings (SSSR count). The molecule has 1 aliphatic rings. The minimum absolute atomic E-state index is 0.0919. The highest BCUT2D eigenvalue weighted by molar-refractivity contribution is 7.98. The molecular formula is C23H24N4OS. The van der Waals surface area contributed by atoms with Crippen LogP contribution in [0.1, 0.15) is 30.4 Å². The summed E-state index contributed by atoms with van der Waals surface area (Å²) in [7, 11) is 0. The third-order valence-corrected chi connectivity index (χ3v) is 5.94. The Morgan fingerprint density at radius 3 is 2.59 bits per heavy atom. The molecule has 5 nitrogen and oxygen atoms in total. The van der Waals surface area contributed by atoms with Crippen molar-refractivity contribution < 1.29 is 4.79 Å². The maximum atomic E-state index is 12.4. The lowest BCUT2D eigenvalue weighted by Gasteiger charge is -2.23. The average molecular weight is 405 g/mol. The molecule has 2 N–H and O–H groups in total. The number of thioether (sulfide) groups is 1. The number of nitrogens with one attached hydrogen (secondary N) is 2. The van der Waals surface area contributed by atoms with Crippen LogP contribution >= 0.6 is 11.8 Å². The number of hydrogen-bond donors (Lipinski definition) is 2. The van der Waals surface area contributed by atoms with E-state index in [1.54, 1.807) is 11.8 Å². The van der Waals surface area contributed by atoms with Crippen molar-refractivity contribution >= 4 is 17.7 Å². The van der Waals surface area contributed by atoms with Gasteiger partial charge in [-0.05, 0) is 54.5 Å². The van der Waals surface area contributed by atoms with Gasteiger partial charge in [0.2, 0.25) is 5.91 Å². The van der Waals surface area contributed by atoms with Crippen LogP contribution in [0.4, 0.5) is 0 Å². The fourth-order valence-corrected chi connectivity index (χ4v) is 4.05. The Balaban J connectivity index is 1.65. The lowest BCUT2D eigenvalue weighted by atomic mass is 9.99. The lowest BCUT2D eigenvalue weighted by Crippen LogP contribution is -2.49. The number of carbonyl (C=O) groups excluding carboxylic acids is 1. The van der Waals surface area contributed by atoms with Gasteiger partial charge in [-0.3, -0.25) is 4.79 Å². The molecule has 0 bridgehead atoms. The van der Waals surface area contributed by atoms with Crippen molar-refractivity contribution in [2.75, 3.05) is 12.8 Å². The molecule has 1 heterocycles. The van der Waals surface area contributed by atoms with Crippen molar-refractivity contribution in [3.05, 3.63) is 53.6 Å². The quantitative estimate of drug-likeness (QED) is 0.718. The zero-order valence-electron chi connectivity index (χ0n) is 16.4. The highest BCUT2D eigenvalue weighted by Gasteiger charge is 2.23. The molecule has 0 aromatic heterocycles. The highest BCUT2D eigenvalue weighted by atomic mass is 32.2. The first-order chi connectivity index (χ1) is 14.1. The molecule has 1 fully saturated rings. The predicted octanol–water partition coefficient (Wildman–Crippen LogP) is 3.64. The van der Waals surface area contributed by atoms with Crippen molar-refractivity contribution in [1.82, 2.24) is 10.6 Å². The second-order valence-corrected chi connectivity index (χ2v) is 7.97. The van der Waals surface area contributed by atoms with Gasteiger partial charge in [0.25, 0.3) is 0 Å². The van der Waals surface area contributed by atoms with Crippen LogP contribution in [-0.4, -0.2) is 30.8 Å². The van der Waals surface area contributed by atoms with Gasteiger partial charge in [-0.25, -0.2) is 0 Å². The predicted molar refractivity (Wildman–Crippen MR) is 115 cm³/mol. The van der Waals surface area contributed by atoms with E-state index in [9.17, 15) is 15.3 Å². The van der Waals surface area contributed by atoms with Gasteiger partial charge in [0.1, 0.15) is 12.1 Å². The molecule has 0 radical (unpaired) electrons. The maximum Gasteiger partial charge on any atom is 0.238 e. The van der Waals surface area contributed by atoms with Crippen LogP contribution in [0.5, 0.6) is 0 Å². The summed E-state index contributed by atoms with van der Waals surface area (Å²) in [6.07, 6.45) is 5.37. The van der Waals surface area contributed by atoms with Crippen LogP contribution in [-0.2, 0) is 11.2 Å². The van der Waals surface area contributed by atoms with Gasteiger partial charge in [0.15, 0.2) is 0 Å². The summed E-state index contributed by atoms with van der Waals surface area (Å²) in [4.78, 5) is 13.3. The van der Waals surface area contributed by atoms with Crippen molar-refractivity contribution in [2.24, 2.45) is 0 Å². The monoisotopic (exact) mass is 404 g/mol. The fraction of sp³-hybridized carbons (Fsp3) is 0.348. The first-order valence-electron chi connectivity index (χ1n) is 9.75. The molecule has 1 saturated heterocycles. The SMILES string of the molecule is CSc1ccc(-c2ccc(C[C@@H](C#N)NC(=O)C3CCCCN3)cc2)cc1C#N. The van der Waals surface area contributed by atoms with E-state index in [1.165, 1.54) is 0 Å². The smallest absolute Gasteiger partial charge is 0.238 e. The zero-order chi connectivity index (χ0) is 20.6. The molecule has 29 heavy (non-hydrogen) atoms.